The molecule has 0 bridgehead atoms. The largest absolute Gasteiger partial charge is 0.756 e. The number of H-pyrrole nitrogens is 1. The van der Waals surface area contributed by atoms with E-state index in [1.807, 2.05) is 4.98 Å². The second-order valence-electron chi connectivity index (χ2n) is 9.26. The van der Waals surface area contributed by atoms with E-state index in [0.717, 1.165) is 19.2 Å². The molecular formula is C19H27N5O17P2-2. The Morgan fingerprint density at radius 3 is 2.35 bits per heavy atom. The predicted molar refractivity (Wildman–Crippen MR) is 127 cm³/mol. The molecule has 3 rings (SSSR count). The Bertz CT molecular complexity index is 1440. The van der Waals surface area contributed by atoms with Gasteiger partial charge in [-0.15, -0.1) is 0 Å². The number of ether oxygens (including phenoxy) is 2. The molecule has 0 saturated carbocycles. The second kappa shape index (κ2) is 13.4. The number of aliphatic hydroxyl groups is 3. The van der Waals surface area contributed by atoms with Crippen LogP contribution in [-0.2, 0) is 41.6 Å². The third-order valence-electron chi connectivity index (χ3n) is 5.93. The van der Waals surface area contributed by atoms with Crippen LogP contribution in [0.2, 0.25) is 0 Å². The van der Waals surface area contributed by atoms with E-state index < -0.39 is 100 Å². The van der Waals surface area contributed by atoms with Crippen molar-refractivity contribution in [1.29, 1.82) is 0 Å². The van der Waals surface area contributed by atoms with Crippen molar-refractivity contribution >= 4 is 33.4 Å². The number of aromatic amines is 1. The Morgan fingerprint density at radius 2 is 1.79 bits per heavy atom. The number of nitrogens with two attached hydrogens (primary N) is 1. The van der Waals surface area contributed by atoms with Crippen LogP contribution in [0.4, 0.5) is 0 Å². The van der Waals surface area contributed by atoms with Crippen molar-refractivity contribution < 1.29 is 76.8 Å². The third-order valence-corrected chi connectivity index (χ3v) is 8.46. The highest BCUT2D eigenvalue weighted by atomic mass is 31.3. The zero-order valence-corrected chi connectivity index (χ0v) is 23.8. The summed E-state index contributed by atoms with van der Waals surface area (Å²) in [7, 11) is -12.0. The number of aliphatic hydroxyl groups excluding tert-OH is 3. The summed E-state index contributed by atoms with van der Waals surface area (Å²) in [5, 5.41) is 44.5. The van der Waals surface area contributed by atoms with Crippen LogP contribution < -0.4 is 42.2 Å². The number of rotatable bonds is 11. The molecule has 2 fully saturated rings. The van der Waals surface area contributed by atoms with E-state index >= 15 is 0 Å². The molecule has 2 saturated heterocycles. The summed E-state index contributed by atoms with van der Waals surface area (Å²) in [6, 6.07) is -2.38. The van der Waals surface area contributed by atoms with Crippen molar-refractivity contribution in [2.45, 2.75) is 69.0 Å². The van der Waals surface area contributed by atoms with Gasteiger partial charge >= 0.3 is 5.69 Å². The minimum Gasteiger partial charge on any atom is -0.756 e. The summed E-state index contributed by atoms with van der Waals surface area (Å²) >= 11 is 0. The maximum absolute atomic E-state index is 12.5. The number of hydrogen-bond acceptors (Lipinski definition) is 17. The third kappa shape index (κ3) is 8.62. The van der Waals surface area contributed by atoms with E-state index in [-0.39, 0.29) is 5.84 Å². The van der Waals surface area contributed by atoms with E-state index in [2.05, 4.69) is 23.7 Å². The molecular weight excluding hydrogens is 632 g/mol. The van der Waals surface area contributed by atoms with Gasteiger partial charge in [-0.3, -0.25) is 43.5 Å². The maximum atomic E-state index is 12.5. The first-order valence-electron chi connectivity index (χ1n) is 12.0. The van der Waals surface area contributed by atoms with Gasteiger partial charge < -0.3 is 54.3 Å². The number of carbonyl (C=O) groups is 2. The Balaban J connectivity index is 1.74. The number of carbonyl (C=O) groups excluding carboxylic acids is 2. The predicted octanol–water partition coefficient (Wildman–Crippen LogP) is -8.69. The number of nitrogens with one attached hydrogen (secondary N) is 3. The number of nitrogens with zero attached hydrogens (tertiary/aromatic N) is 1. The second-order valence-corrected chi connectivity index (χ2v) is 12.2. The van der Waals surface area contributed by atoms with Crippen LogP contribution >= 0.6 is 15.6 Å². The molecule has 0 aliphatic carbocycles. The quantitative estimate of drug-likeness (QED) is 0.0658. The lowest BCUT2D eigenvalue weighted by Gasteiger charge is -2.44. The fourth-order valence-electron chi connectivity index (χ4n) is 4.18. The highest BCUT2D eigenvalue weighted by Crippen LogP contribution is 2.57. The topological polar surface area (TPSA) is 351 Å². The number of phosphoric acid groups is 2. The van der Waals surface area contributed by atoms with E-state index in [1.54, 1.807) is 0 Å². The number of amides is 1. The van der Waals surface area contributed by atoms with Gasteiger partial charge in [-0.2, -0.15) is 0 Å². The monoisotopic (exact) mass is 659 g/mol. The molecule has 1 aromatic rings. The molecule has 2 unspecified atom stereocenters. The highest BCUT2D eigenvalue weighted by molar-refractivity contribution is 7.59. The molecule has 3 heterocycles. The van der Waals surface area contributed by atoms with Crippen LogP contribution in [0.1, 0.15) is 20.1 Å². The van der Waals surface area contributed by atoms with E-state index in [1.165, 1.54) is 6.92 Å². The van der Waals surface area contributed by atoms with Crippen molar-refractivity contribution in [2.75, 3.05) is 6.61 Å². The van der Waals surface area contributed by atoms with Crippen LogP contribution in [0.15, 0.2) is 21.9 Å². The van der Waals surface area contributed by atoms with E-state index in [4.69, 9.17) is 15.2 Å². The van der Waals surface area contributed by atoms with Crippen LogP contribution in [0.25, 0.3) is 0 Å². The Hall–Kier alpha value is -2.85. The fraction of sp³-hybridized carbons (Fsp3) is 0.632. The van der Waals surface area contributed by atoms with Crippen LogP contribution in [0.3, 0.4) is 0 Å². The summed E-state index contributed by atoms with van der Waals surface area (Å²) in [5.41, 5.74) is 3.72. The Labute approximate surface area is 239 Å². The first-order chi connectivity index (χ1) is 19.8. The number of amidine groups is 1. The lowest BCUT2D eigenvalue weighted by Crippen LogP contribution is -2.92. The summed E-state index contributed by atoms with van der Waals surface area (Å²) in [6.07, 6.45) is -12.7. The minimum atomic E-state index is -6.08. The molecule has 0 radical (unpaired) electrons. The number of carboxylic acid groups (broad SMARTS) is 1. The van der Waals surface area contributed by atoms with Crippen LogP contribution in [0, 0.1) is 0 Å². The standard InChI is InChI=1S/C19H29N5O17P2/c1-6(20)21-10-11(22-7(2)25)18(39-15(13(10)28)17(30)31)40-43(35,36)41-42(33,34)37-5-8-12(27)14(29)16(38-8)24-4-3-9(26)23-19(24)32/h3-4,8,10-16,18,27-29H,5H2,1-2H3,(H2,20,21)(H,22,25)(H,30,31)(H,33,34)(H,35,36)(H,23,26,32)/p-2/t8-,10-,11+,12-,13+,14-,15+,16-,18-/m1/s1. The summed E-state index contributed by atoms with van der Waals surface area (Å²) in [4.78, 5) is 75.6. The molecule has 0 spiro atoms. The van der Waals surface area contributed by atoms with Crippen molar-refractivity contribution in [3.63, 3.8) is 0 Å². The van der Waals surface area contributed by atoms with E-state index in [0.29, 0.717) is 4.57 Å². The molecule has 8 N–H and O–H groups in total. The van der Waals surface area contributed by atoms with Gasteiger partial charge in [0, 0.05) is 26.1 Å². The van der Waals surface area contributed by atoms with Crippen LogP contribution in [0.5, 0.6) is 0 Å². The molecule has 2 aliphatic heterocycles. The number of hydrogen-bond donors (Lipinski definition) is 7. The summed E-state index contributed by atoms with van der Waals surface area (Å²) in [6.45, 7) is 1.07. The Kier molecular flexibility index (Phi) is 10.8. The van der Waals surface area contributed by atoms with Crippen molar-refractivity contribution in [3.05, 3.63) is 33.1 Å². The van der Waals surface area contributed by atoms with Gasteiger partial charge in [-0.1, -0.05) is 0 Å². The lowest BCUT2D eigenvalue weighted by atomic mass is 9.94. The molecule has 22 nitrogen and oxygen atoms in total. The van der Waals surface area contributed by atoms with Crippen LogP contribution in [-0.4, -0.2) is 98.1 Å². The number of phosphoric ester groups is 2. The fourth-order valence-corrected chi connectivity index (χ4v) is 6.26. The first kappa shape index (κ1) is 34.6. The minimum absolute atomic E-state index is 0.120. The molecule has 43 heavy (non-hydrogen) atoms. The average Bonchev–Trinajstić information content (AvgIpc) is 3.13. The summed E-state index contributed by atoms with van der Waals surface area (Å²) in [5.74, 6) is -3.00. The molecule has 1 aromatic heterocycles. The smallest absolute Gasteiger partial charge is 0.330 e. The molecule has 2 aliphatic rings. The van der Waals surface area contributed by atoms with E-state index in [9.17, 15) is 58.5 Å². The zero-order valence-electron chi connectivity index (χ0n) is 22.0. The summed E-state index contributed by atoms with van der Waals surface area (Å²) < 4.78 is 48.7. The average molecular weight is 659 g/mol. The van der Waals surface area contributed by atoms with Crippen molar-refractivity contribution in [2.24, 2.45) is 5.73 Å². The Morgan fingerprint density at radius 1 is 1.14 bits per heavy atom. The molecule has 0 aromatic carbocycles. The lowest BCUT2D eigenvalue weighted by molar-refractivity contribution is -0.540. The van der Waals surface area contributed by atoms with Gasteiger partial charge in [0.25, 0.3) is 21.2 Å². The van der Waals surface area contributed by atoms with Gasteiger partial charge in [0.05, 0.1) is 12.6 Å². The number of aromatic nitrogens is 2. The maximum Gasteiger partial charge on any atom is 0.330 e. The molecule has 24 heteroatoms. The van der Waals surface area contributed by atoms with Gasteiger partial charge in [-0.05, 0) is 0 Å². The van der Waals surface area contributed by atoms with Gasteiger partial charge in [0.1, 0.15) is 42.6 Å². The normalized spacial score (nSPS) is 34.2. The SMILES string of the molecule is CC(=O)N[C@@H]1[C@@H](OP(=O)([O-])OP(=O)([O-])OC[C@H]2O[C@@H](n3ccc(=O)[nH]c3=O)[C@H](O)[C@@H]2O)O[C@H](C(=O)[O-])[C@@H](O)[C@@H]1[NH+]=C(C)N. The first-order valence-corrected chi connectivity index (χ1v) is 14.9. The molecule has 1 amide bonds. The number of carboxylic acids is 1. The van der Waals surface area contributed by atoms with Gasteiger partial charge in [0.2, 0.25) is 11.7 Å². The number of aliphatic carboxylic acids is 1. The van der Waals surface area contributed by atoms with Crippen molar-refractivity contribution in [3.8, 4) is 0 Å². The van der Waals surface area contributed by atoms with Crippen molar-refractivity contribution in [1.82, 2.24) is 14.9 Å². The molecule has 11 atom stereocenters. The zero-order chi connectivity index (χ0) is 32.4. The molecule has 242 valence electrons. The highest BCUT2D eigenvalue weighted by Gasteiger charge is 2.50. The van der Waals surface area contributed by atoms with Gasteiger partial charge in [0.15, 0.2) is 12.5 Å². The van der Waals surface area contributed by atoms with Gasteiger partial charge in [-0.25, -0.2) is 9.11 Å².